The number of rotatable bonds is 6. The minimum Gasteiger partial charge on any atom is -0.325 e. The Bertz CT molecular complexity index is 919. The summed E-state index contributed by atoms with van der Waals surface area (Å²) in [6.07, 6.45) is 8.33. The lowest BCUT2D eigenvalue weighted by Gasteiger charge is -2.32. The van der Waals surface area contributed by atoms with Crippen molar-refractivity contribution < 1.29 is 0 Å². The first-order chi connectivity index (χ1) is 13.7. The molecule has 4 rings (SSSR count). The first-order valence-electron chi connectivity index (χ1n) is 10.1. The highest BCUT2D eigenvalue weighted by Gasteiger charge is 2.23. The van der Waals surface area contributed by atoms with Crippen LogP contribution in [0, 0.1) is 6.92 Å². The smallest absolute Gasteiger partial charge is 0.134 e. The predicted molar refractivity (Wildman–Crippen MR) is 112 cm³/mol. The maximum atomic E-state index is 4.90. The van der Waals surface area contributed by atoms with Gasteiger partial charge in [-0.1, -0.05) is 12.1 Å². The van der Waals surface area contributed by atoms with Gasteiger partial charge in [0.25, 0.3) is 0 Å². The SMILES string of the molecule is CCn1cc(CN2CCCC(c3cccc(Nc4ncccc4C)n3)C2)cn1. The van der Waals surface area contributed by atoms with E-state index in [1.165, 1.54) is 18.4 Å². The van der Waals surface area contributed by atoms with E-state index in [0.29, 0.717) is 5.92 Å². The van der Waals surface area contributed by atoms with E-state index in [1.807, 2.05) is 23.0 Å². The van der Waals surface area contributed by atoms with Crippen molar-refractivity contribution in [3.63, 3.8) is 0 Å². The minimum atomic E-state index is 0.460. The van der Waals surface area contributed by atoms with E-state index in [9.17, 15) is 0 Å². The van der Waals surface area contributed by atoms with Gasteiger partial charge in [-0.2, -0.15) is 5.10 Å². The number of anilines is 2. The minimum absolute atomic E-state index is 0.460. The van der Waals surface area contributed by atoms with Gasteiger partial charge < -0.3 is 5.32 Å². The molecular formula is C22H28N6. The number of aromatic nitrogens is 4. The third-order valence-corrected chi connectivity index (χ3v) is 5.37. The van der Waals surface area contributed by atoms with Crippen LogP contribution in [0.4, 0.5) is 11.6 Å². The van der Waals surface area contributed by atoms with Crippen molar-refractivity contribution in [2.45, 2.75) is 45.7 Å². The fourth-order valence-corrected chi connectivity index (χ4v) is 3.85. The summed E-state index contributed by atoms with van der Waals surface area (Å²) in [5.74, 6) is 2.19. The van der Waals surface area contributed by atoms with Crippen LogP contribution in [0.2, 0.25) is 0 Å². The molecule has 1 aliphatic rings. The fraction of sp³-hybridized carbons (Fsp3) is 0.409. The molecule has 1 fully saturated rings. The van der Waals surface area contributed by atoms with Gasteiger partial charge in [0.05, 0.1) is 6.20 Å². The van der Waals surface area contributed by atoms with Crippen molar-refractivity contribution in [3.8, 4) is 0 Å². The molecule has 1 unspecified atom stereocenters. The van der Waals surface area contributed by atoms with Gasteiger partial charge in [0.1, 0.15) is 11.6 Å². The van der Waals surface area contributed by atoms with Crippen molar-refractivity contribution >= 4 is 11.6 Å². The maximum Gasteiger partial charge on any atom is 0.134 e. The summed E-state index contributed by atoms with van der Waals surface area (Å²) in [5.41, 5.74) is 3.57. The van der Waals surface area contributed by atoms with Crippen molar-refractivity contribution in [1.29, 1.82) is 0 Å². The Morgan fingerprint density at radius 2 is 2.14 bits per heavy atom. The molecule has 0 aromatic carbocycles. The molecular weight excluding hydrogens is 348 g/mol. The van der Waals surface area contributed by atoms with Gasteiger partial charge in [-0.05, 0) is 57.0 Å². The molecule has 6 heteroatoms. The quantitative estimate of drug-likeness (QED) is 0.701. The van der Waals surface area contributed by atoms with Gasteiger partial charge in [0, 0.05) is 49.2 Å². The third kappa shape index (κ3) is 4.39. The number of nitrogens with zero attached hydrogens (tertiary/aromatic N) is 5. The van der Waals surface area contributed by atoms with E-state index in [0.717, 1.165) is 49.1 Å². The Morgan fingerprint density at radius 3 is 2.96 bits per heavy atom. The second kappa shape index (κ2) is 8.52. The summed E-state index contributed by atoms with van der Waals surface area (Å²) in [6.45, 7) is 8.23. The highest BCUT2D eigenvalue weighted by Crippen LogP contribution is 2.28. The van der Waals surface area contributed by atoms with Crippen molar-refractivity contribution in [1.82, 2.24) is 24.6 Å². The molecule has 1 atom stereocenters. The lowest BCUT2D eigenvalue weighted by molar-refractivity contribution is 0.198. The van der Waals surface area contributed by atoms with E-state index >= 15 is 0 Å². The van der Waals surface area contributed by atoms with Crippen molar-refractivity contribution in [2.75, 3.05) is 18.4 Å². The Hall–Kier alpha value is -2.73. The topological polar surface area (TPSA) is 58.9 Å². The second-order valence-electron chi connectivity index (χ2n) is 7.52. The third-order valence-electron chi connectivity index (χ3n) is 5.37. The molecule has 4 heterocycles. The number of hydrogen-bond donors (Lipinski definition) is 1. The van der Waals surface area contributed by atoms with Gasteiger partial charge in [0.15, 0.2) is 0 Å². The van der Waals surface area contributed by atoms with Crippen LogP contribution in [-0.4, -0.2) is 37.7 Å². The number of pyridine rings is 2. The number of aryl methyl sites for hydroxylation is 2. The molecule has 0 bridgehead atoms. The van der Waals surface area contributed by atoms with Crippen LogP contribution in [0.25, 0.3) is 0 Å². The Morgan fingerprint density at radius 1 is 1.21 bits per heavy atom. The molecule has 3 aromatic heterocycles. The molecule has 28 heavy (non-hydrogen) atoms. The first-order valence-corrected chi connectivity index (χ1v) is 10.1. The normalized spacial score (nSPS) is 17.6. The number of nitrogens with one attached hydrogen (secondary N) is 1. The van der Waals surface area contributed by atoms with Crippen LogP contribution in [-0.2, 0) is 13.1 Å². The van der Waals surface area contributed by atoms with E-state index < -0.39 is 0 Å². The molecule has 1 saturated heterocycles. The lowest BCUT2D eigenvalue weighted by atomic mass is 9.94. The first kappa shape index (κ1) is 18.6. The van der Waals surface area contributed by atoms with Gasteiger partial charge in [0.2, 0.25) is 0 Å². The van der Waals surface area contributed by atoms with Gasteiger partial charge in [-0.3, -0.25) is 9.58 Å². The van der Waals surface area contributed by atoms with Gasteiger partial charge in [-0.25, -0.2) is 9.97 Å². The molecule has 0 radical (unpaired) electrons. The summed E-state index contributed by atoms with van der Waals surface area (Å²) in [5, 5.41) is 7.76. The van der Waals surface area contributed by atoms with Gasteiger partial charge >= 0.3 is 0 Å². The van der Waals surface area contributed by atoms with Crippen LogP contribution >= 0.6 is 0 Å². The fourth-order valence-electron chi connectivity index (χ4n) is 3.85. The van der Waals surface area contributed by atoms with Crippen LogP contribution in [0.15, 0.2) is 48.9 Å². The van der Waals surface area contributed by atoms with E-state index in [-0.39, 0.29) is 0 Å². The monoisotopic (exact) mass is 376 g/mol. The zero-order valence-corrected chi connectivity index (χ0v) is 16.7. The molecule has 0 amide bonds. The van der Waals surface area contributed by atoms with E-state index in [1.54, 1.807) is 6.20 Å². The average molecular weight is 377 g/mol. The largest absolute Gasteiger partial charge is 0.325 e. The molecule has 0 saturated carbocycles. The average Bonchev–Trinajstić information content (AvgIpc) is 3.18. The summed E-state index contributed by atoms with van der Waals surface area (Å²) in [6, 6.07) is 10.3. The Balaban J connectivity index is 1.44. The zero-order chi connectivity index (χ0) is 19.3. The highest BCUT2D eigenvalue weighted by molar-refractivity contribution is 5.55. The number of piperidine rings is 1. The van der Waals surface area contributed by atoms with Gasteiger partial charge in [-0.15, -0.1) is 0 Å². The Labute approximate surface area is 166 Å². The predicted octanol–water partition coefficient (Wildman–Crippen LogP) is 4.12. The number of hydrogen-bond acceptors (Lipinski definition) is 5. The summed E-state index contributed by atoms with van der Waals surface area (Å²) in [4.78, 5) is 11.8. The van der Waals surface area contributed by atoms with Crippen molar-refractivity contribution in [2.24, 2.45) is 0 Å². The highest BCUT2D eigenvalue weighted by atomic mass is 15.3. The number of likely N-dealkylation sites (tertiary alicyclic amines) is 1. The van der Waals surface area contributed by atoms with Crippen LogP contribution in [0.3, 0.4) is 0 Å². The van der Waals surface area contributed by atoms with Crippen molar-refractivity contribution in [3.05, 3.63) is 65.7 Å². The molecule has 1 aliphatic heterocycles. The lowest BCUT2D eigenvalue weighted by Crippen LogP contribution is -2.34. The van der Waals surface area contributed by atoms with Crippen LogP contribution in [0.1, 0.15) is 42.5 Å². The van der Waals surface area contributed by atoms with E-state index in [2.05, 4.69) is 58.5 Å². The molecule has 146 valence electrons. The van der Waals surface area contributed by atoms with Crippen LogP contribution in [0.5, 0.6) is 0 Å². The summed E-state index contributed by atoms with van der Waals surface area (Å²) in [7, 11) is 0. The van der Waals surface area contributed by atoms with Crippen LogP contribution < -0.4 is 5.32 Å². The standard InChI is InChI=1S/C22H28N6/c1-3-28-15-18(13-24-28)14-27-12-6-8-19(16-27)20-9-4-10-21(25-20)26-22-17(2)7-5-11-23-22/h4-5,7,9-11,13,15,19H,3,6,8,12,14,16H2,1-2H3,(H,23,25,26). The Kier molecular flexibility index (Phi) is 5.67. The maximum absolute atomic E-state index is 4.90. The molecule has 0 aliphatic carbocycles. The summed E-state index contributed by atoms with van der Waals surface area (Å²) >= 11 is 0. The molecule has 1 N–H and O–H groups in total. The van der Waals surface area contributed by atoms with E-state index in [4.69, 9.17) is 4.98 Å². The summed E-state index contributed by atoms with van der Waals surface area (Å²) < 4.78 is 1.99. The second-order valence-corrected chi connectivity index (χ2v) is 7.52. The zero-order valence-electron chi connectivity index (χ0n) is 16.7. The molecule has 0 spiro atoms. The molecule has 3 aromatic rings. The molecule has 6 nitrogen and oxygen atoms in total.